The molecular weight excluding hydrogens is 288 g/mol. The molecule has 0 bridgehead atoms. The van der Waals surface area contributed by atoms with Crippen LogP contribution in [0.25, 0.3) is 0 Å². The average Bonchev–Trinajstić information content (AvgIpc) is 2.56. The van der Waals surface area contributed by atoms with E-state index in [1.54, 1.807) is 19.1 Å². The maximum atomic E-state index is 11.8. The minimum absolute atomic E-state index is 0.0593. The number of rotatable bonds is 8. The first-order chi connectivity index (χ1) is 11.1. The number of Topliss-reactive ketones (excluding diaryl/α,β-unsaturated/α-hetero) is 1. The van der Waals surface area contributed by atoms with Crippen molar-refractivity contribution in [3.05, 3.63) is 41.5 Å². The normalized spacial score (nSPS) is 14.0. The van der Waals surface area contributed by atoms with E-state index >= 15 is 0 Å². The van der Waals surface area contributed by atoms with Crippen molar-refractivity contribution in [2.24, 2.45) is 0 Å². The molecule has 1 aliphatic rings. The summed E-state index contributed by atoms with van der Waals surface area (Å²) in [6.45, 7) is 2.88. The summed E-state index contributed by atoms with van der Waals surface area (Å²) < 4.78 is 0. The van der Waals surface area contributed by atoms with Crippen LogP contribution in [0.2, 0.25) is 0 Å². The highest BCUT2D eigenvalue weighted by molar-refractivity contribution is 5.94. The zero-order valence-electron chi connectivity index (χ0n) is 13.9. The summed E-state index contributed by atoms with van der Waals surface area (Å²) in [5.41, 5.74) is 3.11. The fourth-order valence-electron chi connectivity index (χ4n) is 2.73. The highest BCUT2D eigenvalue weighted by atomic mass is 16.1. The number of carbonyl (C=O) groups is 2. The van der Waals surface area contributed by atoms with Crippen molar-refractivity contribution in [3.8, 4) is 0 Å². The molecule has 0 aliphatic heterocycles. The molecule has 0 unspecified atom stereocenters. The Labute approximate surface area is 138 Å². The zero-order valence-corrected chi connectivity index (χ0v) is 13.9. The highest BCUT2D eigenvalue weighted by Crippen LogP contribution is 2.19. The van der Waals surface area contributed by atoms with E-state index in [1.165, 1.54) is 31.3 Å². The van der Waals surface area contributed by atoms with Crippen LogP contribution in [-0.2, 0) is 4.79 Å². The lowest BCUT2D eigenvalue weighted by Gasteiger charge is -2.13. The number of carbonyl (C=O) groups excluding carboxylic acids is 2. The van der Waals surface area contributed by atoms with Gasteiger partial charge in [0.15, 0.2) is 5.78 Å². The lowest BCUT2D eigenvalue weighted by Crippen LogP contribution is -2.26. The van der Waals surface area contributed by atoms with Crippen molar-refractivity contribution in [2.75, 3.05) is 18.4 Å². The Kier molecular flexibility index (Phi) is 6.85. The number of nitrogens with one attached hydrogen (secondary N) is 2. The largest absolute Gasteiger partial charge is 0.385 e. The summed E-state index contributed by atoms with van der Waals surface area (Å²) in [4.78, 5) is 23.0. The molecule has 0 radical (unpaired) electrons. The maximum absolute atomic E-state index is 11.8. The van der Waals surface area contributed by atoms with Gasteiger partial charge in [-0.05, 0) is 63.3 Å². The van der Waals surface area contributed by atoms with Gasteiger partial charge in [-0.3, -0.25) is 9.59 Å². The van der Waals surface area contributed by atoms with Crippen LogP contribution < -0.4 is 10.6 Å². The van der Waals surface area contributed by atoms with E-state index in [9.17, 15) is 9.59 Å². The number of hydrogen-bond acceptors (Lipinski definition) is 3. The molecule has 23 heavy (non-hydrogen) atoms. The van der Waals surface area contributed by atoms with Crippen LogP contribution in [0.4, 0.5) is 5.69 Å². The van der Waals surface area contributed by atoms with Gasteiger partial charge in [-0.1, -0.05) is 11.6 Å². The van der Waals surface area contributed by atoms with Crippen LogP contribution in [0, 0.1) is 0 Å². The minimum atomic E-state index is 0.0593. The summed E-state index contributed by atoms with van der Waals surface area (Å²) in [6.07, 6.45) is 8.71. The Morgan fingerprint density at radius 3 is 2.52 bits per heavy atom. The molecule has 0 atom stereocenters. The van der Waals surface area contributed by atoms with E-state index in [2.05, 4.69) is 16.7 Å². The Bertz CT molecular complexity index is 561. The molecule has 0 saturated heterocycles. The molecule has 0 spiro atoms. The number of amides is 1. The SMILES string of the molecule is CC(=O)c1ccc(NCCC(=O)NCCC2=CCCCC2)cc1. The number of anilines is 1. The molecule has 0 heterocycles. The van der Waals surface area contributed by atoms with Crippen molar-refractivity contribution in [3.63, 3.8) is 0 Å². The van der Waals surface area contributed by atoms with Gasteiger partial charge in [0.05, 0.1) is 0 Å². The van der Waals surface area contributed by atoms with Crippen molar-refractivity contribution in [1.29, 1.82) is 0 Å². The van der Waals surface area contributed by atoms with Gasteiger partial charge in [-0.15, -0.1) is 0 Å². The van der Waals surface area contributed by atoms with Gasteiger partial charge in [-0.2, -0.15) is 0 Å². The molecule has 1 aromatic carbocycles. The van der Waals surface area contributed by atoms with E-state index in [0.29, 0.717) is 18.5 Å². The summed E-state index contributed by atoms with van der Waals surface area (Å²) in [5.74, 6) is 0.137. The standard InChI is InChI=1S/C19H26N2O2/c1-15(22)17-7-9-18(10-8-17)20-14-12-19(23)21-13-11-16-5-3-2-4-6-16/h5,7-10,20H,2-4,6,11-14H2,1H3,(H,21,23). The van der Waals surface area contributed by atoms with Gasteiger partial charge in [0.2, 0.25) is 5.91 Å². The van der Waals surface area contributed by atoms with Gasteiger partial charge in [0.25, 0.3) is 0 Å². The van der Waals surface area contributed by atoms with Crippen molar-refractivity contribution >= 4 is 17.4 Å². The van der Waals surface area contributed by atoms with Gasteiger partial charge in [0.1, 0.15) is 0 Å². The van der Waals surface area contributed by atoms with Crippen LogP contribution in [0.5, 0.6) is 0 Å². The van der Waals surface area contributed by atoms with Gasteiger partial charge in [-0.25, -0.2) is 0 Å². The number of benzene rings is 1. The quantitative estimate of drug-likeness (QED) is 0.568. The third-order valence-electron chi connectivity index (χ3n) is 4.13. The third kappa shape index (κ3) is 6.27. The van der Waals surface area contributed by atoms with Crippen LogP contribution in [0.3, 0.4) is 0 Å². The van der Waals surface area contributed by atoms with E-state index in [4.69, 9.17) is 0 Å². The lowest BCUT2D eigenvalue weighted by atomic mass is 9.97. The second kappa shape index (κ2) is 9.13. The molecule has 0 aromatic heterocycles. The van der Waals surface area contributed by atoms with Gasteiger partial charge >= 0.3 is 0 Å². The van der Waals surface area contributed by atoms with Crippen molar-refractivity contribution in [1.82, 2.24) is 5.32 Å². The Morgan fingerprint density at radius 2 is 1.87 bits per heavy atom. The topological polar surface area (TPSA) is 58.2 Å². The minimum Gasteiger partial charge on any atom is -0.385 e. The average molecular weight is 314 g/mol. The van der Waals surface area contributed by atoms with Crippen LogP contribution >= 0.6 is 0 Å². The Balaban J connectivity index is 1.60. The summed E-state index contributed by atoms with van der Waals surface area (Å²) in [6, 6.07) is 7.32. The molecule has 2 N–H and O–H groups in total. The Hall–Kier alpha value is -2.10. The van der Waals surface area contributed by atoms with E-state index < -0.39 is 0 Å². The van der Waals surface area contributed by atoms with Crippen molar-refractivity contribution < 1.29 is 9.59 Å². The molecule has 0 fully saturated rings. The number of hydrogen-bond donors (Lipinski definition) is 2. The van der Waals surface area contributed by atoms with E-state index in [1.807, 2.05) is 12.1 Å². The lowest BCUT2D eigenvalue weighted by molar-refractivity contribution is -0.120. The second-order valence-electron chi connectivity index (χ2n) is 6.02. The number of allylic oxidation sites excluding steroid dienone is 1. The van der Waals surface area contributed by atoms with E-state index in [-0.39, 0.29) is 11.7 Å². The molecule has 1 aliphatic carbocycles. The molecule has 4 heteroatoms. The fraction of sp³-hybridized carbons (Fsp3) is 0.474. The molecule has 1 aromatic rings. The van der Waals surface area contributed by atoms with Crippen LogP contribution in [-0.4, -0.2) is 24.8 Å². The van der Waals surface area contributed by atoms with E-state index in [0.717, 1.165) is 18.7 Å². The summed E-state index contributed by atoms with van der Waals surface area (Å²) in [5, 5.41) is 6.17. The smallest absolute Gasteiger partial charge is 0.221 e. The van der Waals surface area contributed by atoms with Crippen LogP contribution in [0.1, 0.15) is 55.8 Å². The first-order valence-electron chi connectivity index (χ1n) is 8.44. The Morgan fingerprint density at radius 1 is 1.09 bits per heavy atom. The molecule has 1 amide bonds. The highest BCUT2D eigenvalue weighted by Gasteiger charge is 2.05. The van der Waals surface area contributed by atoms with Gasteiger partial charge < -0.3 is 10.6 Å². The molecule has 2 rings (SSSR count). The molecule has 124 valence electrons. The monoisotopic (exact) mass is 314 g/mol. The predicted molar refractivity (Wildman–Crippen MR) is 93.7 cm³/mol. The fourth-order valence-corrected chi connectivity index (χ4v) is 2.73. The first-order valence-corrected chi connectivity index (χ1v) is 8.44. The van der Waals surface area contributed by atoms with Crippen molar-refractivity contribution in [2.45, 2.75) is 45.4 Å². The predicted octanol–water partition coefficient (Wildman–Crippen LogP) is 3.70. The summed E-state index contributed by atoms with van der Waals surface area (Å²) in [7, 11) is 0. The third-order valence-corrected chi connectivity index (χ3v) is 4.13. The molecule has 4 nitrogen and oxygen atoms in total. The second-order valence-corrected chi connectivity index (χ2v) is 6.02. The van der Waals surface area contributed by atoms with Gasteiger partial charge in [0, 0.05) is 30.8 Å². The molecular formula is C19H26N2O2. The summed E-state index contributed by atoms with van der Waals surface area (Å²) >= 11 is 0. The zero-order chi connectivity index (χ0) is 16.5. The number of ketones is 1. The first kappa shape index (κ1) is 17.3. The maximum Gasteiger partial charge on any atom is 0.221 e. The molecule has 0 saturated carbocycles. The van der Waals surface area contributed by atoms with Crippen LogP contribution in [0.15, 0.2) is 35.9 Å².